The van der Waals surface area contributed by atoms with Crippen LogP contribution in [0.1, 0.15) is 48.3 Å². The van der Waals surface area contributed by atoms with Gasteiger partial charge in [-0.1, -0.05) is 66.4 Å². The first-order chi connectivity index (χ1) is 12.0. The average molecular weight is 377 g/mol. The molecule has 25 heavy (non-hydrogen) atoms. The molecule has 1 fully saturated rings. The number of halogens is 2. The van der Waals surface area contributed by atoms with Crippen LogP contribution in [0.3, 0.4) is 0 Å². The van der Waals surface area contributed by atoms with E-state index in [9.17, 15) is 4.79 Å². The van der Waals surface area contributed by atoms with Crippen LogP contribution in [0.2, 0.25) is 10.0 Å². The molecule has 0 spiro atoms. The minimum atomic E-state index is -0.254. The third kappa shape index (κ3) is 3.86. The maximum atomic E-state index is 13.0. The average Bonchev–Trinajstić information content (AvgIpc) is 3.13. The number of carbonyl (C=O) groups is 1. The summed E-state index contributed by atoms with van der Waals surface area (Å²) in [6.07, 6.45) is 4.45. The monoisotopic (exact) mass is 376 g/mol. The van der Waals surface area contributed by atoms with Gasteiger partial charge in [-0.3, -0.25) is 4.79 Å². The van der Waals surface area contributed by atoms with E-state index in [4.69, 9.17) is 27.9 Å². The van der Waals surface area contributed by atoms with Gasteiger partial charge in [0.2, 0.25) is 0 Å². The summed E-state index contributed by atoms with van der Waals surface area (Å²) in [6.45, 7) is 3.72. The second kappa shape index (κ2) is 7.80. The second-order valence-electron chi connectivity index (χ2n) is 6.80. The molecule has 0 amide bonds. The first-order valence-corrected chi connectivity index (χ1v) is 9.46. The molecule has 0 saturated heterocycles. The van der Waals surface area contributed by atoms with E-state index in [2.05, 4.69) is 0 Å². The van der Waals surface area contributed by atoms with Gasteiger partial charge < -0.3 is 4.74 Å². The van der Waals surface area contributed by atoms with Crippen molar-refractivity contribution in [2.75, 3.05) is 0 Å². The number of benzene rings is 2. The summed E-state index contributed by atoms with van der Waals surface area (Å²) in [5, 5.41) is 1.02. The van der Waals surface area contributed by atoms with E-state index in [1.807, 2.05) is 44.2 Å². The Bertz CT molecular complexity index is 765. The molecular formula is C21H22Cl2O2. The molecule has 1 atom stereocenters. The molecule has 1 aliphatic carbocycles. The van der Waals surface area contributed by atoms with E-state index in [1.54, 1.807) is 6.07 Å². The van der Waals surface area contributed by atoms with Crippen molar-refractivity contribution >= 4 is 29.2 Å². The molecule has 0 aliphatic heterocycles. The molecule has 0 heterocycles. The van der Waals surface area contributed by atoms with E-state index < -0.39 is 0 Å². The Morgan fingerprint density at radius 3 is 2.36 bits per heavy atom. The predicted molar refractivity (Wildman–Crippen MR) is 103 cm³/mol. The highest BCUT2D eigenvalue weighted by molar-refractivity contribution is 6.37. The molecule has 0 unspecified atom stereocenters. The summed E-state index contributed by atoms with van der Waals surface area (Å²) < 4.78 is 5.76. The summed E-state index contributed by atoms with van der Waals surface area (Å²) in [5.41, 5.74) is 2.60. The Hall–Kier alpha value is -1.51. The van der Waals surface area contributed by atoms with Crippen molar-refractivity contribution in [2.24, 2.45) is 5.92 Å². The molecule has 2 aromatic rings. The van der Waals surface area contributed by atoms with Crippen LogP contribution >= 0.6 is 23.2 Å². The highest BCUT2D eigenvalue weighted by Crippen LogP contribution is 2.40. The van der Waals surface area contributed by atoms with E-state index >= 15 is 0 Å². The number of hydrogen-bond donors (Lipinski definition) is 0. The molecule has 0 aromatic heterocycles. The Balaban J connectivity index is 1.91. The third-order valence-corrected chi connectivity index (χ3v) is 6.11. The normalized spacial score (nSPS) is 16.0. The summed E-state index contributed by atoms with van der Waals surface area (Å²) in [5.74, 6) is 0.227. The highest BCUT2D eigenvalue weighted by Gasteiger charge is 2.34. The smallest absolute Gasteiger partial charge is 0.319 e. The molecule has 132 valence electrons. The number of aryl methyl sites for hydroxylation is 1. The van der Waals surface area contributed by atoms with Crippen molar-refractivity contribution in [3.8, 4) is 5.75 Å². The lowest BCUT2D eigenvalue weighted by Gasteiger charge is -2.23. The third-order valence-electron chi connectivity index (χ3n) is 5.06. The van der Waals surface area contributed by atoms with Gasteiger partial charge in [-0.15, -0.1) is 0 Å². The molecule has 3 rings (SSSR count). The molecule has 1 aliphatic rings. The standard InChI is InChI=1S/C21H22Cl2O2/c1-13-12-17(20(23)14(2)19(13)22)25-21(24)18(16-10-6-7-11-16)15-8-4-3-5-9-15/h3-5,8-9,12,16,18H,6-7,10-11H2,1-2H3/t18-/m0/s1. The van der Waals surface area contributed by atoms with Gasteiger partial charge in [-0.2, -0.15) is 0 Å². The lowest BCUT2D eigenvalue weighted by molar-refractivity contribution is -0.137. The lowest BCUT2D eigenvalue weighted by Crippen LogP contribution is -2.25. The first kappa shape index (κ1) is 18.3. The van der Waals surface area contributed by atoms with Crippen LogP contribution in [-0.4, -0.2) is 5.97 Å². The number of carbonyl (C=O) groups excluding carboxylic acids is 1. The fourth-order valence-electron chi connectivity index (χ4n) is 3.70. The summed E-state index contributed by atoms with van der Waals surface area (Å²) in [7, 11) is 0. The van der Waals surface area contributed by atoms with E-state index in [0.717, 1.165) is 29.5 Å². The summed E-state index contributed by atoms with van der Waals surface area (Å²) >= 11 is 12.6. The molecule has 0 bridgehead atoms. The van der Waals surface area contributed by atoms with Crippen molar-refractivity contribution in [2.45, 2.75) is 45.4 Å². The zero-order chi connectivity index (χ0) is 18.0. The number of ether oxygens (including phenoxy) is 1. The number of rotatable bonds is 4. The maximum absolute atomic E-state index is 13.0. The van der Waals surface area contributed by atoms with Crippen LogP contribution in [0.5, 0.6) is 5.75 Å². The largest absolute Gasteiger partial charge is 0.424 e. The molecule has 0 N–H and O–H groups in total. The van der Waals surface area contributed by atoms with Gasteiger partial charge in [-0.25, -0.2) is 0 Å². The van der Waals surface area contributed by atoms with Crippen LogP contribution < -0.4 is 4.74 Å². The van der Waals surface area contributed by atoms with Gasteiger partial charge in [0, 0.05) is 5.02 Å². The minimum absolute atomic E-state index is 0.235. The number of hydrogen-bond acceptors (Lipinski definition) is 2. The van der Waals surface area contributed by atoms with Crippen molar-refractivity contribution in [1.82, 2.24) is 0 Å². The summed E-state index contributed by atoms with van der Waals surface area (Å²) in [6, 6.07) is 11.6. The van der Waals surface area contributed by atoms with Crippen LogP contribution in [0.15, 0.2) is 36.4 Å². The minimum Gasteiger partial charge on any atom is -0.424 e. The molecule has 2 aromatic carbocycles. The maximum Gasteiger partial charge on any atom is 0.319 e. The number of esters is 1. The predicted octanol–water partition coefficient (Wildman–Crippen LogP) is 6.49. The van der Waals surface area contributed by atoms with Crippen LogP contribution in [0.4, 0.5) is 0 Å². The molecule has 1 saturated carbocycles. The highest BCUT2D eigenvalue weighted by atomic mass is 35.5. The Morgan fingerprint density at radius 1 is 1.08 bits per heavy atom. The Labute approximate surface area is 159 Å². The van der Waals surface area contributed by atoms with Crippen molar-refractivity contribution in [3.05, 3.63) is 63.1 Å². The first-order valence-electron chi connectivity index (χ1n) is 8.71. The van der Waals surface area contributed by atoms with Crippen LogP contribution in [0.25, 0.3) is 0 Å². The zero-order valence-corrected chi connectivity index (χ0v) is 16.0. The quantitative estimate of drug-likeness (QED) is 0.450. The fraction of sp³-hybridized carbons (Fsp3) is 0.381. The van der Waals surface area contributed by atoms with Gasteiger partial charge in [0.05, 0.1) is 10.9 Å². The second-order valence-corrected chi connectivity index (χ2v) is 7.55. The van der Waals surface area contributed by atoms with Crippen molar-refractivity contribution in [1.29, 1.82) is 0 Å². The van der Waals surface area contributed by atoms with Crippen molar-refractivity contribution in [3.63, 3.8) is 0 Å². The molecule has 0 radical (unpaired) electrons. The van der Waals surface area contributed by atoms with Gasteiger partial charge in [0.15, 0.2) is 0 Å². The van der Waals surface area contributed by atoms with Gasteiger partial charge in [0.1, 0.15) is 5.75 Å². The SMILES string of the molecule is Cc1cc(OC(=O)[C@@H](c2ccccc2)C2CCCC2)c(Cl)c(C)c1Cl. The zero-order valence-electron chi connectivity index (χ0n) is 14.5. The lowest BCUT2D eigenvalue weighted by atomic mass is 9.85. The summed E-state index contributed by atoms with van der Waals surface area (Å²) in [4.78, 5) is 13.0. The topological polar surface area (TPSA) is 26.3 Å². The van der Waals surface area contributed by atoms with Crippen LogP contribution in [-0.2, 0) is 4.79 Å². The fourth-order valence-corrected chi connectivity index (χ4v) is 4.08. The molecular weight excluding hydrogens is 355 g/mol. The van der Waals surface area contributed by atoms with Gasteiger partial charge >= 0.3 is 5.97 Å². The van der Waals surface area contributed by atoms with Crippen LogP contribution in [0, 0.1) is 19.8 Å². The van der Waals surface area contributed by atoms with E-state index in [-0.39, 0.29) is 11.9 Å². The van der Waals surface area contributed by atoms with Crippen molar-refractivity contribution < 1.29 is 9.53 Å². The Kier molecular flexibility index (Phi) is 5.71. The molecule has 4 heteroatoms. The van der Waals surface area contributed by atoms with Gasteiger partial charge in [-0.05, 0) is 55.4 Å². The van der Waals surface area contributed by atoms with E-state index in [1.165, 1.54) is 12.8 Å². The molecule has 2 nitrogen and oxygen atoms in total. The van der Waals surface area contributed by atoms with E-state index in [0.29, 0.717) is 21.7 Å². The van der Waals surface area contributed by atoms with Gasteiger partial charge in [0.25, 0.3) is 0 Å². The Morgan fingerprint density at radius 2 is 1.72 bits per heavy atom.